The Bertz CT molecular complexity index is 1010. The molecule has 0 saturated heterocycles. The lowest BCUT2D eigenvalue weighted by Crippen LogP contribution is -2.37. The highest BCUT2D eigenvalue weighted by atomic mass is 16.5. The van der Waals surface area contributed by atoms with Crippen molar-refractivity contribution >= 4 is 27.6 Å². The van der Waals surface area contributed by atoms with Gasteiger partial charge in [-0.05, 0) is 43.9 Å². The summed E-state index contributed by atoms with van der Waals surface area (Å²) in [5.41, 5.74) is 0.725. The smallest absolute Gasteiger partial charge is 0.344 e. The number of carbonyl (C=O) groups excluding carboxylic acids is 1. The number of hydrogen-bond donors (Lipinski definition) is 2. The largest absolute Gasteiger partial charge is 0.480 e. The lowest BCUT2D eigenvalue weighted by molar-refractivity contribution is -0.127. The number of rotatable bonds is 6. The van der Waals surface area contributed by atoms with E-state index in [1.165, 1.54) is 0 Å². The average Bonchev–Trinajstić information content (AvgIpc) is 2.65. The van der Waals surface area contributed by atoms with E-state index >= 15 is 0 Å². The summed E-state index contributed by atoms with van der Waals surface area (Å²) < 4.78 is 11.3. The fourth-order valence-corrected chi connectivity index (χ4v) is 2.87. The number of aliphatic hydroxyl groups is 1. The molecule has 1 atom stereocenters. The van der Waals surface area contributed by atoms with Gasteiger partial charge in [-0.15, -0.1) is 0 Å². The van der Waals surface area contributed by atoms with Crippen molar-refractivity contribution in [3.05, 3.63) is 52.4 Å². The van der Waals surface area contributed by atoms with Gasteiger partial charge in [0.05, 0.1) is 5.39 Å². The number of fused-ring (bicyclic) bond motifs is 3. The zero-order valence-electron chi connectivity index (χ0n) is 14.7. The van der Waals surface area contributed by atoms with Crippen LogP contribution in [0.15, 0.2) is 45.6 Å². The first-order valence-electron chi connectivity index (χ1n) is 8.53. The van der Waals surface area contributed by atoms with Gasteiger partial charge in [-0.2, -0.15) is 0 Å². The fraction of sp³-hybridized carbons (Fsp3) is 0.300. The Morgan fingerprint density at radius 2 is 1.92 bits per heavy atom. The van der Waals surface area contributed by atoms with E-state index < -0.39 is 11.7 Å². The van der Waals surface area contributed by atoms with Crippen molar-refractivity contribution < 1.29 is 19.1 Å². The Kier molecular flexibility index (Phi) is 5.23. The number of hydrogen-bond acceptors (Lipinski definition) is 5. The molecule has 1 aromatic heterocycles. The molecule has 0 aliphatic carbocycles. The predicted octanol–water partition coefficient (Wildman–Crippen LogP) is 2.52. The van der Waals surface area contributed by atoms with Gasteiger partial charge < -0.3 is 19.6 Å². The minimum absolute atomic E-state index is 0.0201. The van der Waals surface area contributed by atoms with Gasteiger partial charge in [0.25, 0.3) is 5.91 Å². The van der Waals surface area contributed by atoms with Crippen LogP contribution in [-0.2, 0) is 4.79 Å². The zero-order valence-corrected chi connectivity index (χ0v) is 14.7. The van der Waals surface area contributed by atoms with E-state index in [0.717, 1.165) is 10.8 Å². The number of ether oxygens (including phenoxy) is 1. The molecule has 2 aromatic carbocycles. The Morgan fingerprint density at radius 3 is 2.65 bits per heavy atom. The molecule has 0 bridgehead atoms. The molecule has 0 spiro atoms. The van der Waals surface area contributed by atoms with Crippen LogP contribution in [0.5, 0.6) is 5.75 Å². The van der Waals surface area contributed by atoms with Crippen molar-refractivity contribution in [2.45, 2.75) is 26.4 Å². The summed E-state index contributed by atoms with van der Waals surface area (Å²) >= 11 is 0. The van der Waals surface area contributed by atoms with Gasteiger partial charge in [0.2, 0.25) is 0 Å². The Balaban J connectivity index is 1.93. The monoisotopic (exact) mass is 355 g/mol. The normalized spacial score (nSPS) is 12.3. The minimum atomic E-state index is -0.711. The predicted molar refractivity (Wildman–Crippen MR) is 99.5 cm³/mol. The molecule has 3 rings (SSSR count). The Morgan fingerprint density at radius 1 is 1.19 bits per heavy atom. The van der Waals surface area contributed by atoms with Crippen LogP contribution in [0.25, 0.3) is 21.7 Å². The van der Waals surface area contributed by atoms with Gasteiger partial charge >= 0.3 is 5.63 Å². The Hall–Kier alpha value is -2.86. The van der Waals surface area contributed by atoms with Crippen molar-refractivity contribution in [3.8, 4) is 5.75 Å². The molecule has 6 nitrogen and oxygen atoms in total. The summed E-state index contributed by atoms with van der Waals surface area (Å²) in [4.78, 5) is 24.3. The van der Waals surface area contributed by atoms with Crippen LogP contribution in [0.1, 0.15) is 18.9 Å². The van der Waals surface area contributed by atoms with E-state index in [1.54, 1.807) is 32.0 Å². The quantitative estimate of drug-likeness (QED) is 0.403. The zero-order chi connectivity index (χ0) is 18.7. The molecule has 0 fully saturated rings. The van der Waals surface area contributed by atoms with E-state index in [9.17, 15) is 9.59 Å². The lowest BCUT2D eigenvalue weighted by Gasteiger charge is -2.17. The second-order valence-corrected chi connectivity index (χ2v) is 6.13. The van der Waals surface area contributed by atoms with E-state index in [1.807, 2.05) is 18.2 Å². The summed E-state index contributed by atoms with van der Waals surface area (Å²) in [6.07, 6.45) is -0.219. The van der Waals surface area contributed by atoms with Crippen LogP contribution in [0.4, 0.5) is 0 Å². The first-order chi connectivity index (χ1) is 12.5. The van der Waals surface area contributed by atoms with Gasteiger partial charge in [0.1, 0.15) is 11.3 Å². The molecule has 3 aromatic rings. The third kappa shape index (κ3) is 3.41. The number of aryl methyl sites for hydroxylation is 1. The molecule has 1 amide bonds. The maximum Gasteiger partial charge on any atom is 0.344 e. The summed E-state index contributed by atoms with van der Waals surface area (Å²) in [5.74, 6) is 0.221. The highest BCUT2D eigenvalue weighted by Crippen LogP contribution is 2.31. The highest BCUT2D eigenvalue weighted by molar-refractivity contribution is 6.05. The van der Waals surface area contributed by atoms with Gasteiger partial charge in [0, 0.05) is 24.1 Å². The molecule has 136 valence electrons. The number of amides is 1. The van der Waals surface area contributed by atoms with Crippen LogP contribution >= 0.6 is 0 Å². The highest BCUT2D eigenvalue weighted by Gasteiger charge is 2.18. The molecule has 0 unspecified atom stereocenters. The van der Waals surface area contributed by atoms with Crippen LogP contribution in [-0.4, -0.2) is 30.3 Å². The molecule has 1 heterocycles. The van der Waals surface area contributed by atoms with Crippen LogP contribution in [0.3, 0.4) is 0 Å². The third-order valence-corrected chi connectivity index (χ3v) is 4.30. The number of aliphatic hydroxyl groups excluding tert-OH is 1. The standard InChI is InChI=1S/C20H21NO5/c1-12-17(25-13(2)19(23)21-10-5-11-22)9-8-15-14-6-3-4-7-16(14)20(24)26-18(12)15/h3-4,6-9,13,22H,5,10-11H2,1-2H3,(H,21,23)/t13-/m1/s1. The molecule has 6 heteroatoms. The fourth-order valence-electron chi connectivity index (χ4n) is 2.87. The van der Waals surface area contributed by atoms with Gasteiger partial charge in [0.15, 0.2) is 6.10 Å². The molecular formula is C20H21NO5. The van der Waals surface area contributed by atoms with Gasteiger partial charge in [-0.3, -0.25) is 4.79 Å². The first-order valence-corrected chi connectivity index (χ1v) is 8.53. The van der Waals surface area contributed by atoms with Gasteiger partial charge in [-0.1, -0.05) is 18.2 Å². The van der Waals surface area contributed by atoms with Crippen molar-refractivity contribution in [2.75, 3.05) is 13.2 Å². The van der Waals surface area contributed by atoms with E-state index in [-0.39, 0.29) is 12.5 Å². The van der Waals surface area contributed by atoms with Crippen molar-refractivity contribution in [2.24, 2.45) is 0 Å². The molecule has 0 saturated carbocycles. The first kappa shape index (κ1) is 17.9. The summed E-state index contributed by atoms with van der Waals surface area (Å²) in [5, 5.41) is 13.6. The SMILES string of the molecule is Cc1c(O[C@H](C)C(=O)NCCCO)ccc2c1oc(=O)c1ccccc12. The van der Waals surface area contributed by atoms with E-state index in [4.69, 9.17) is 14.3 Å². The van der Waals surface area contributed by atoms with Crippen molar-refractivity contribution in [3.63, 3.8) is 0 Å². The summed E-state index contributed by atoms with van der Waals surface area (Å²) in [7, 11) is 0. The maximum atomic E-state index is 12.2. The van der Waals surface area contributed by atoms with E-state index in [0.29, 0.717) is 35.2 Å². The van der Waals surface area contributed by atoms with Crippen molar-refractivity contribution in [1.82, 2.24) is 5.32 Å². The second-order valence-electron chi connectivity index (χ2n) is 6.13. The number of carbonyl (C=O) groups is 1. The Labute approximate surface area is 150 Å². The second kappa shape index (κ2) is 7.58. The summed E-state index contributed by atoms with van der Waals surface area (Å²) in [6, 6.07) is 10.9. The maximum absolute atomic E-state index is 12.2. The van der Waals surface area contributed by atoms with Gasteiger partial charge in [-0.25, -0.2) is 4.79 Å². The topological polar surface area (TPSA) is 88.8 Å². The lowest BCUT2D eigenvalue weighted by atomic mass is 10.0. The molecule has 0 aliphatic rings. The summed E-state index contributed by atoms with van der Waals surface area (Å²) in [6.45, 7) is 3.85. The van der Waals surface area contributed by atoms with Crippen molar-refractivity contribution in [1.29, 1.82) is 0 Å². The van der Waals surface area contributed by atoms with E-state index in [2.05, 4.69) is 5.32 Å². The number of benzene rings is 2. The number of nitrogens with one attached hydrogen (secondary N) is 1. The molecule has 2 N–H and O–H groups in total. The molecule has 0 aliphatic heterocycles. The average molecular weight is 355 g/mol. The van der Waals surface area contributed by atoms with Crippen LogP contribution in [0.2, 0.25) is 0 Å². The third-order valence-electron chi connectivity index (χ3n) is 4.30. The molecule has 26 heavy (non-hydrogen) atoms. The van der Waals surface area contributed by atoms with Crippen LogP contribution < -0.4 is 15.7 Å². The molecule has 0 radical (unpaired) electrons. The van der Waals surface area contributed by atoms with Crippen LogP contribution in [0, 0.1) is 6.92 Å². The minimum Gasteiger partial charge on any atom is -0.480 e. The molecular weight excluding hydrogens is 334 g/mol.